The van der Waals surface area contributed by atoms with Crippen molar-refractivity contribution in [3.8, 4) is 0 Å². The van der Waals surface area contributed by atoms with E-state index >= 15 is 0 Å². The van der Waals surface area contributed by atoms with Gasteiger partial charge in [0.25, 0.3) is 0 Å². The molecule has 0 aliphatic carbocycles. The predicted octanol–water partition coefficient (Wildman–Crippen LogP) is 2.12. The number of rotatable bonds is 6. The van der Waals surface area contributed by atoms with Gasteiger partial charge >= 0.3 is 5.97 Å². The normalized spacial score (nSPS) is 14.6. The van der Waals surface area contributed by atoms with Crippen molar-refractivity contribution < 1.29 is 19.7 Å². The van der Waals surface area contributed by atoms with E-state index in [0.29, 0.717) is 5.56 Å². The van der Waals surface area contributed by atoms with E-state index in [9.17, 15) is 9.90 Å². The number of hydrogen-bond donors (Lipinski definition) is 2. The summed E-state index contributed by atoms with van der Waals surface area (Å²) in [5.74, 6) is -2.49. The molecule has 1 aromatic rings. The second kappa shape index (κ2) is 5.80. The van der Waals surface area contributed by atoms with Crippen molar-refractivity contribution in [2.75, 3.05) is 0 Å². The monoisotopic (exact) mass is 238 g/mol. The highest BCUT2D eigenvalue weighted by atomic mass is 16.6. The van der Waals surface area contributed by atoms with E-state index in [4.69, 9.17) is 9.84 Å². The summed E-state index contributed by atoms with van der Waals surface area (Å²) in [5.41, 5.74) is 0.579. The molecule has 1 aromatic carbocycles. The van der Waals surface area contributed by atoms with Gasteiger partial charge < -0.3 is 14.9 Å². The zero-order valence-corrected chi connectivity index (χ0v) is 10.1. The van der Waals surface area contributed by atoms with E-state index in [2.05, 4.69) is 0 Å². The van der Waals surface area contributed by atoms with Gasteiger partial charge in [-0.05, 0) is 13.8 Å². The average molecular weight is 238 g/mol. The quantitative estimate of drug-likeness (QED) is 0.745. The fraction of sp³-hybridized carbons (Fsp3) is 0.462. The third-order valence-electron chi connectivity index (χ3n) is 2.33. The van der Waals surface area contributed by atoms with Crippen molar-refractivity contribution in [2.24, 2.45) is 0 Å². The van der Waals surface area contributed by atoms with Gasteiger partial charge in [0.15, 0.2) is 5.79 Å². The van der Waals surface area contributed by atoms with Crippen molar-refractivity contribution in [1.82, 2.24) is 0 Å². The first-order chi connectivity index (χ1) is 7.94. The first-order valence-corrected chi connectivity index (χ1v) is 5.61. The van der Waals surface area contributed by atoms with E-state index in [1.807, 2.05) is 6.07 Å². The molecule has 0 aliphatic rings. The molecule has 0 saturated carbocycles. The number of carboxylic acid groups (broad SMARTS) is 1. The maximum Gasteiger partial charge on any atom is 0.303 e. The summed E-state index contributed by atoms with van der Waals surface area (Å²) < 4.78 is 5.47. The van der Waals surface area contributed by atoms with Crippen LogP contribution >= 0.6 is 0 Å². The van der Waals surface area contributed by atoms with Gasteiger partial charge in [0, 0.05) is 12.0 Å². The predicted molar refractivity (Wildman–Crippen MR) is 63.4 cm³/mol. The number of benzene rings is 1. The molecule has 0 saturated heterocycles. The van der Waals surface area contributed by atoms with Crippen LogP contribution in [0.25, 0.3) is 0 Å². The Morgan fingerprint density at radius 3 is 2.41 bits per heavy atom. The maximum atomic E-state index is 10.6. The molecule has 1 atom stereocenters. The van der Waals surface area contributed by atoms with Gasteiger partial charge in [-0.25, -0.2) is 0 Å². The fourth-order valence-corrected chi connectivity index (χ4v) is 1.64. The largest absolute Gasteiger partial charge is 0.481 e. The molecular formula is C13H18O4. The first kappa shape index (κ1) is 13.7. The number of hydrogen-bond acceptors (Lipinski definition) is 3. The molecule has 1 rings (SSSR count). The van der Waals surface area contributed by atoms with Crippen molar-refractivity contribution in [3.63, 3.8) is 0 Å². The topological polar surface area (TPSA) is 66.8 Å². The molecule has 2 N–H and O–H groups in total. The zero-order valence-electron chi connectivity index (χ0n) is 10.1. The Balaban J connectivity index is 2.89. The first-order valence-electron chi connectivity index (χ1n) is 5.61. The van der Waals surface area contributed by atoms with Crippen LogP contribution in [0.15, 0.2) is 30.3 Å². The van der Waals surface area contributed by atoms with Crippen LogP contribution in [0.5, 0.6) is 0 Å². The lowest BCUT2D eigenvalue weighted by atomic mass is 10.0. The molecule has 0 aliphatic heterocycles. The molecule has 0 aromatic heterocycles. The van der Waals surface area contributed by atoms with E-state index in [-0.39, 0.29) is 18.9 Å². The minimum Gasteiger partial charge on any atom is -0.481 e. The molecule has 0 spiro atoms. The van der Waals surface area contributed by atoms with Crippen LogP contribution < -0.4 is 0 Å². The number of carbonyl (C=O) groups is 1. The molecule has 0 fully saturated rings. The van der Waals surface area contributed by atoms with Crippen LogP contribution in [0, 0.1) is 0 Å². The molecule has 17 heavy (non-hydrogen) atoms. The summed E-state index contributed by atoms with van der Waals surface area (Å²) in [6.07, 6.45) is -0.295. The zero-order chi connectivity index (χ0) is 12.9. The van der Waals surface area contributed by atoms with Crippen LogP contribution in [-0.4, -0.2) is 22.3 Å². The summed E-state index contributed by atoms with van der Waals surface area (Å²) in [4.78, 5) is 10.6. The van der Waals surface area contributed by atoms with Crippen molar-refractivity contribution in [1.29, 1.82) is 0 Å². The Kier molecular flexibility index (Phi) is 4.66. The smallest absolute Gasteiger partial charge is 0.303 e. The van der Waals surface area contributed by atoms with Gasteiger partial charge in [-0.15, -0.1) is 0 Å². The molecule has 4 heteroatoms. The van der Waals surface area contributed by atoms with E-state index in [1.165, 1.54) is 0 Å². The SMILES string of the molecule is CC(C)OC(O)(CCC(=O)O)c1ccccc1. The minimum atomic E-state index is -1.53. The van der Waals surface area contributed by atoms with E-state index < -0.39 is 11.8 Å². The maximum absolute atomic E-state index is 10.6. The molecule has 94 valence electrons. The Morgan fingerprint density at radius 2 is 1.94 bits per heavy atom. The summed E-state index contributed by atoms with van der Waals surface area (Å²) in [6, 6.07) is 8.85. The number of aliphatic hydroxyl groups is 1. The Bertz CT molecular complexity index is 361. The van der Waals surface area contributed by atoms with Crippen LogP contribution in [-0.2, 0) is 15.3 Å². The van der Waals surface area contributed by atoms with E-state index in [0.717, 1.165) is 0 Å². The summed E-state index contributed by atoms with van der Waals surface area (Å²) in [6.45, 7) is 3.60. The van der Waals surface area contributed by atoms with Gasteiger partial charge in [-0.1, -0.05) is 30.3 Å². The molecule has 0 radical (unpaired) electrons. The van der Waals surface area contributed by atoms with Crippen molar-refractivity contribution in [2.45, 2.75) is 38.6 Å². The standard InChI is InChI=1S/C13H18O4/c1-10(2)17-13(16,9-8-12(14)15)11-6-4-3-5-7-11/h3-7,10,16H,8-9H2,1-2H3,(H,14,15). The molecular weight excluding hydrogens is 220 g/mol. The summed E-state index contributed by atoms with van der Waals surface area (Å²) in [7, 11) is 0. The highest BCUT2D eigenvalue weighted by Crippen LogP contribution is 2.29. The van der Waals surface area contributed by atoms with Crippen LogP contribution in [0.1, 0.15) is 32.3 Å². The summed E-state index contributed by atoms with van der Waals surface area (Å²) in [5, 5.41) is 19.1. The van der Waals surface area contributed by atoms with Crippen molar-refractivity contribution in [3.05, 3.63) is 35.9 Å². The van der Waals surface area contributed by atoms with Gasteiger partial charge in [-0.2, -0.15) is 0 Å². The van der Waals surface area contributed by atoms with Gasteiger partial charge in [0.2, 0.25) is 0 Å². The van der Waals surface area contributed by atoms with Crippen LogP contribution in [0.4, 0.5) is 0 Å². The van der Waals surface area contributed by atoms with E-state index in [1.54, 1.807) is 38.1 Å². The Labute approximate surface area is 101 Å². The second-order valence-electron chi connectivity index (χ2n) is 4.21. The fourth-order valence-electron chi connectivity index (χ4n) is 1.64. The van der Waals surface area contributed by atoms with Gasteiger partial charge in [0.05, 0.1) is 12.5 Å². The van der Waals surface area contributed by atoms with Gasteiger partial charge in [0.1, 0.15) is 0 Å². The molecule has 0 amide bonds. The summed E-state index contributed by atoms with van der Waals surface area (Å²) >= 11 is 0. The second-order valence-corrected chi connectivity index (χ2v) is 4.21. The number of ether oxygens (including phenoxy) is 1. The minimum absolute atomic E-state index is 0.0323. The third-order valence-corrected chi connectivity index (χ3v) is 2.33. The van der Waals surface area contributed by atoms with Crippen LogP contribution in [0.3, 0.4) is 0 Å². The van der Waals surface area contributed by atoms with Crippen molar-refractivity contribution >= 4 is 5.97 Å². The lowest BCUT2D eigenvalue weighted by molar-refractivity contribution is -0.237. The highest BCUT2D eigenvalue weighted by molar-refractivity contribution is 5.66. The number of carboxylic acids is 1. The Hall–Kier alpha value is -1.39. The molecule has 0 heterocycles. The highest BCUT2D eigenvalue weighted by Gasteiger charge is 2.31. The Morgan fingerprint density at radius 1 is 1.35 bits per heavy atom. The van der Waals surface area contributed by atoms with Crippen LogP contribution in [0.2, 0.25) is 0 Å². The molecule has 1 unspecified atom stereocenters. The third kappa shape index (κ3) is 4.17. The van der Waals surface area contributed by atoms with Gasteiger partial charge in [-0.3, -0.25) is 4.79 Å². The molecule has 0 bridgehead atoms. The molecule has 4 nitrogen and oxygen atoms in total. The average Bonchev–Trinajstić information content (AvgIpc) is 2.27. The lowest BCUT2D eigenvalue weighted by Crippen LogP contribution is -2.33. The number of aliphatic carboxylic acids is 1. The lowest BCUT2D eigenvalue weighted by Gasteiger charge is -2.30.